The second-order valence-electron chi connectivity index (χ2n) is 5.20. The molecule has 2 aromatic rings. The molecule has 0 radical (unpaired) electrons. The molecule has 9 heteroatoms. The van der Waals surface area contributed by atoms with Crippen molar-refractivity contribution in [3.63, 3.8) is 0 Å². The van der Waals surface area contributed by atoms with Crippen molar-refractivity contribution in [2.75, 3.05) is 0 Å². The number of hydrogen-bond acceptors (Lipinski definition) is 3. The van der Waals surface area contributed by atoms with Crippen LogP contribution in [0.25, 0.3) is 0 Å². The van der Waals surface area contributed by atoms with E-state index in [9.17, 15) is 18.0 Å². The van der Waals surface area contributed by atoms with Gasteiger partial charge in [0.05, 0.1) is 0 Å². The van der Waals surface area contributed by atoms with Crippen LogP contribution in [0.2, 0.25) is 5.02 Å². The second-order valence-corrected chi connectivity index (χ2v) is 8.93. The molecule has 130 valence electrons. The van der Waals surface area contributed by atoms with E-state index in [4.69, 9.17) is 21.1 Å². The Kier molecular flexibility index (Phi) is 6.99. The molecule has 0 N–H and O–H groups in total. The van der Waals surface area contributed by atoms with Gasteiger partial charge in [-0.3, -0.25) is 0 Å². The van der Waals surface area contributed by atoms with E-state index in [0.29, 0.717) is 5.75 Å². The van der Waals surface area contributed by atoms with Crippen LogP contribution in [0.15, 0.2) is 18.2 Å². The van der Waals surface area contributed by atoms with Crippen molar-refractivity contribution in [1.29, 1.82) is 0 Å². The average molecular weight is 674 g/mol. The van der Waals surface area contributed by atoms with E-state index in [1.165, 1.54) is 40.8 Å². The molecule has 25 heavy (non-hydrogen) atoms. The monoisotopic (exact) mass is 674 g/mol. The summed E-state index contributed by atoms with van der Waals surface area (Å²) in [4.78, 5) is 12.2. The maximum absolute atomic E-state index is 14.0. The first-order chi connectivity index (χ1) is 11.6. The van der Waals surface area contributed by atoms with Gasteiger partial charge in [0, 0.05) is 0 Å². The summed E-state index contributed by atoms with van der Waals surface area (Å²) < 4.78 is 51.4. The molecule has 2 aromatic carbocycles. The minimum atomic E-state index is -1.39. The second kappa shape index (κ2) is 8.42. The van der Waals surface area contributed by atoms with Crippen molar-refractivity contribution in [2.45, 2.75) is 20.0 Å². The Hall–Kier alpha value is -0.558. The molecule has 0 aliphatic carbocycles. The van der Waals surface area contributed by atoms with E-state index in [1.807, 2.05) is 13.8 Å². The Labute approximate surface area is 176 Å². The summed E-state index contributed by atoms with van der Waals surface area (Å²) in [5.74, 6) is -5.02. The quantitative estimate of drug-likeness (QED) is 0.161. The van der Waals surface area contributed by atoms with Gasteiger partial charge in [0.25, 0.3) is 0 Å². The fourth-order valence-electron chi connectivity index (χ4n) is 1.85. The maximum atomic E-state index is 14.0. The van der Waals surface area contributed by atoms with Gasteiger partial charge in [-0.1, -0.05) is 0 Å². The van der Waals surface area contributed by atoms with Crippen molar-refractivity contribution in [3.05, 3.63) is 49.8 Å². The van der Waals surface area contributed by atoms with Crippen molar-refractivity contribution in [1.82, 2.24) is 0 Å². The standard InChI is InChI=1S/C16H10ClF3IO3.Tl/c1-7(2)23-12-4-3-8(5-9(12)17)16(22)24-15-13(20)10(18)6-11(19)14(15)21;/h3-5,7H,1-2H3;. The molecule has 0 heterocycles. The Bertz CT molecular complexity index is 817. The first-order valence-corrected chi connectivity index (χ1v) is 10.6. The molecule has 0 fully saturated rings. The van der Waals surface area contributed by atoms with Gasteiger partial charge in [-0.05, 0) is 13.8 Å². The van der Waals surface area contributed by atoms with Gasteiger partial charge in [0.2, 0.25) is 0 Å². The summed E-state index contributed by atoms with van der Waals surface area (Å²) in [7, 11) is 0. The molecule has 0 aliphatic heterocycles. The predicted octanol–water partition coefficient (Wildman–Crippen LogP) is 4.16. The van der Waals surface area contributed by atoms with Gasteiger partial charge in [-0.25, -0.2) is 0 Å². The van der Waals surface area contributed by atoms with Crippen molar-refractivity contribution >= 4 is 69.1 Å². The fourth-order valence-corrected chi connectivity index (χ4v) is 4.91. The summed E-state index contributed by atoms with van der Waals surface area (Å²) in [6.45, 7) is 3.63. The van der Waals surface area contributed by atoms with Crippen LogP contribution in [-0.4, -0.2) is 37.8 Å². The molecule has 0 spiro atoms. The van der Waals surface area contributed by atoms with Crippen LogP contribution in [0, 0.1) is 21.0 Å². The molecule has 0 unspecified atom stereocenters. The van der Waals surface area contributed by atoms with Crippen LogP contribution in [0.3, 0.4) is 0 Å². The van der Waals surface area contributed by atoms with Gasteiger partial charge in [0.1, 0.15) is 0 Å². The Morgan fingerprint density at radius 1 is 1.20 bits per heavy atom. The van der Waals surface area contributed by atoms with Crippen LogP contribution in [0.1, 0.15) is 24.2 Å². The van der Waals surface area contributed by atoms with E-state index >= 15 is 0 Å². The molecular weight excluding hydrogens is 664 g/mol. The third kappa shape index (κ3) is 4.59. The fraction of sp³-hybridized carbons (Fsp3) is 0.188. The van der Waals surface area contributed by atoms with Gasteiger partial charge in [-0.15, -0.1) is 0 Å². The average Bonchev–Trinajstić information content (AvgIpc) is 2.56. The molecular formula is C16H10ClF3IO3Tl. The molecule has 2 rings (SSSR count). The van der Waals surface area contributed by atoms with Gasteiger partial charge >= 0.3 is 164 Å². The summed E-state index contributed by atoms with van der Waals surface area (Å²) >= 11 is 7.26. The minimum absolute atomic E-state index is 0.00560. The number of ether oxygens (including phenoxy) is 2. The van der Waals surface area contributed by atoms with Crippen LogP contribution in [0.4, 0.5) is 13.2 Å². The van der Waals surface area contributed by atoms with E-state index in [-0.39, 0.29) is 49.2 Å². The molecule has 0 saturated heterocycles. The molecule has 3 nitrogen and oxygen atoms in total. The first kappa shape index (κ1) is 20.8. The Morgan fingerprint density at radius 3 is 2.40 bits per heavy atom. The normalized spacial score (nSPS) is 10.8. The van der Waals surface area contributed by atoms with Crippen LogP contribution >= 0.6 is 34.2 Å². The Morgan fingerprint density at radius 2 is 1.84 bits per heavy atom. The zero-order valence-corrected chi connectivity index (χ0v) is 20.4. The molecule has 0 amide bonds. The van der Waals surface area contributed by atoms with Crippen molar-refractivity contribution in [2.24, 2.45) is 0 Å². The summed E-state index contributed by atoms with van der Waals surface area (Å²) in [6, 6.07) is 4.11. The molecule has 0 saturated carbocycles. The predicted molar refractivity (Wildman–Crippen MR) is 96.6 cm³/mol. The summed E-state index contributed by atoms with van der Waals surface area (Å²) in [5.41, 5.74) is -0.00560. The van der Waals surface area contributed by atoms with Gasteiger partial charge < -0.3 is 0 Å². The molecule has 0 bridgehead atoms. The number of rotatable bonds is 4. The number of halogens is 5. The number of esters is 1. The van der Waals surface area contributed by atoms with Crippen LogP contribution in [0.5, 0.6) is 11.5 Å². The molecule has 0 atom stereocenters. The summed E-state index contributed by atoms with van der Waals surface area (Å²) in [5, 5.41) is 0.159. The van der Waals surface area contributed by atoms with Gasteiger partial charge in [0.15, 0.2) is 0 Å². The van der Waals surface area contributed by atoms with E-state index in [0.717, 1.165) is 0 Å². The number of benzene rings is 2. The van der Waals surface area contributed by atoms with Crippen molar-refractivity contribution in [3.8, 4) is 11.5 Å². The topological polar surface area (TPSA) is 35.5 Å². The van der Waals surface area contributed by atoms with Gasteiger partial charge in [-0.2, -0.15) is 0 Å². The Balaban J connectivity index is 2.34. The third-order valence-electron chi connectivity index (χ3n) is 2.98. The summed E-state index contributed by atoms with van der Waals surface area (Å²) in [6.07, 6.45) is -0.117. The van der Waals surface area contributed by atoms with E-state index in [2.05, 4.69) is 0 Å². The SMILES string of the molecule is CC(C)Oc1ccc(C(=O)Oc2c(F)c(F)[c]([Tl])c(F)c2I)cc1Cl. The van der Waals surface area contributed by atoms with Crippen molar-refractivity contribution < 1.29 is 27.4 Å². The zero-order valence-electron chi connectivity index (χ0n) is 13.0. The number of carbonyl (C=O) groups is 1. The first-order valence-electron chi connectivity index (χ1n) is 6.93. The number of hydrogen-bond donors (Lipinski definition) is 0. The number of carbonyl (C=O) groups excluding carboxylic acids is 1. The zero-order chi connectivity index (χ0) is 18.9. The van der Waals surface area contributed by atoms with Crippen LogP contribution < -0.4 is 12.6 Å². The molecule has 0 aliphatic rings. The van der Waals surface area contributed by atoms with Crippen LogP contribution in [-0.2, 0) is 0 Å². The van der Waals surface area contributed by atoms with E-state index in [1.54, 1.807) is 0 Å². The molecule has 0 aromatic heterocycles. The van der Waals surface area contributed by atoms with E-state index < -0.39 is 29.2 Å². The third-order valence-corrected chi connectivity index (χ3v) is 6.21.